The molecule has 3 aliphatic rings. The van der Waals surface area contributed by atoms with Crippen LogP contribution in [0.4, 0.5) is 5.13 Å². The Hall–Kier alpha value is -3.67. The van der Waals surface area contributed by atoms with Crippen molar-refractivity contribution in [2.45, 2.75) is 24.9 Å². The summed E-state index contributed by atoms with van der Waals surface area (Å²) < 4.78 is 32.3. The number of aliphatic carboxylic acids is 1. The number of nitrogens with zero attached hydrogens (tertiary/aromatic N) is 6. The number of pyridine rings is 1. The van der Waals surface area contributed by atoms with E-state index >= 15 is 0 Å². The normalized spacial score (nSPS) is 21.8. The molecule has 16 nitrogen and oxygen atoms in total. The van der Waals surface area contributed by atoms with E-state index in [1.54, 1.807) is 11.6 Å². The highest BCUT2D eigenvalue weighted by Crippen LogP contribution is 2.51. The molecule has 240 valence electrons. The number of ether oxygens (including phenoxy) is 1. The molecule has 5 heterocycles. The van der Waals surface area contributed by atoms with E-state index in [9.17, 15) is 24.1 Å². The number of hydrogen-bond acceptors (Lipinski definition) is 12. The lowest BCUT2D eigenvalue weighted by Gasteiger charge is -2.49. The van der Waals surface area contributed by atoms with Gasteiger partial charge in [0, 0.05) is 48.1 Å². The third-order valence-electron chi connectivity index (χ3n) is 6.79. The lowest BCUT2D eigenvalue weighted by molar-refractivity contribution is -0.689. The van der Waals surface area contributed by atoms with Gasteiger partial charge in [0.2, 0.25) is 16.7 Å². The Morgan fingerprint density at radius 2 is 2.07 bits per heavy atom. The van der Waals surface area contributed by atoms with Gasteiger partial charge in [0.1, 0.15) is 23.7 Å². The van der Waals surface area contributed by atoms with Gasteiger partial charge < -0.3 is 24.5 Å². The lowest BCUT2D eigenvalue weighted by Crippen LogP contribution is -2.71. The topological polar surface area (TPSA) is 189 Å². The number of nitrogens with one attached hydrogen (secondary N) is 2. The van der Waals surface area contributed by atoms with E-state index < -0.39 is 36.9 Å². The summed E-state index contributed by atoms with van der Waals surface area (Å²) in [4.78, 5) is 49.6. The molecule has 0 aliphatic carbocycles. The van der Waals surface area contributed by atoms with Crippen molar-refractivity contribution in [1.82, 2.24) is 24.2 Å². The second-order valence-corrected chi connectivity index (χ2v) is 13.7. The number of carbonyl (C=O) groups excluding carboxylic acids is 2. The number of hydrogen-bond donors (Lipinski definition) is 3. The van der Waals surface area contributed by atoms with Crippen LogP contribution in [-0.2, 0) is 39.6 Å². The average molecular weight is 680 g/mol. The molecular formula is C26H32N8O8PS2+. The maximum Gasteiger partial charge on any atom is 0.370 e. The SMILES string of the molecule is C=CCO/N=C(\C(=O)NC1C(=O)N2C(C(=O)O)=C(C[n+]3ccccc3)CS[C@H]12)c1nsc(NP(=O)(OCC)N2CCOCC2)n1. The first-order valence-corrected chi connectivity index (χ1v) is 17.3. The summed E-state index contributed by atoms with van der Waals surface area (Å²) in [5.41, 5.74) is 0.150. The molecule has 2 aromatic heterocycles. The van der Waals surface area contributed by atoms with Gasteiger partial charge in [-0.1, -0.05) is 23.9 Å². The van der Waals surface area contributed by atoms with Crippen LogP contribution in [0.15, 0.2) is 59.7 Å². The van der Waals surface area contributed by atoms with E-state index in [4.69, 9.17) is 14.1 Å². The number of aromatic nitrogens is 3. The molecule has 3 atom stereocenters. The zero-order valence-electron chi connectivity index (χ0n) is 24.2. The summed E-state index contributed by atoms with van der Waals surface area (Å²) in [7, 11) is -3.55. The first kappa shape index (κ1) is 32.7. The highest BCUT2D eigenvalue weighted by molar-refractivity contribution is 8.00. The van der Waals surface area contributed by atoms with E-state index in [1.165, 1.54) is 22.7 Å². The average Bonchev–Trinajstić information content (AvgIpc) is 3.50. The van der Waals surface area contributed by atoms with Crippen LogP contribution in [0.3, 0.4) is 0 Å². The summed E-state index contributed by atoms with van der Waals surface area (Å²) in [5, 5.41) is 18.8. The molecule has 2 fully saturated rings. The lowest BCUT2D eigenvalue weighted by atomic mass is 10.0. The number of carbonyl (C=O) groups is 3. The Labute approximate surface area is 266 Å². The van der Waals surface area contributed by atoms with Crippen LogP contribution in [-0.4, -0.2) is 104 Å². The third-order valence-corrected chi connectivity index (χ3v) is 11.2. The van der Waals surface area contributed by atoms with Gasteiger partial charge in [-0.2, -0.15) is 9.36 Å². The van der Waals surface area contributed by atoms with Gasteiger partial charge in [-0.25, -0.2) is 18.6 Å². The molecule has 0 bridgehead atoms. The third kappa shape index (κ3) is 7.26. The van der Waals surface area contributed by atoms with Crippen LogP contribution in [0, 0.1) is 0 Å². The van der Waals surface area contributed by atoms with Gasteiger partial charge >= 0.3 is 13.6 Å². The fraction of sp³-hybridized carbons (Fsp3) is 0.423. The number of oxime groups is 1. The number of thioether (sulfide) groups is 1. The molecule has 45 heavy (non-hydrogen) atoms. The summed E-state index contributed by atoms with van der Waals surface area (Å²) >= 11 is 2.19. The number of anilines is 1. The maximum atomic E-state index is 13.7. The number of carboxylic acids is 1. The Bertz CT molecular complexity index is 1550. The summed E-state index contributed by atoms with van der Waals surface area (Å²) in [6.45, 7) is 7.30. The second-order valence-electron chi connectivity index (χ2n) is 9.73. The zero-order valence-corrected chi connectivity index (χ0v) is 26.8. The van der Waals surface area contributed by atoms with Gasteiger partial charge in [0.25, 0.3) is 11.8 Å². The molecule has 19 heteroatoms. The Balaban J connectivity index is 1.32. The minimum Gasteiger partial charge on any atom is -0.477 e. The van der Waals surface area contributed by atoms with Crippen molar-refractivity contribution in [3.8, 4) is 0 Å². The van der Waals surface area contributed by atoms with Gasteiger partial charge in [0.15, 0.2) is 18.9 Å². The quantitative estimate of drug-likeness (QED) is 0.0490. The standard InChI is InChI=1S/C26H31N8O8PS2/c1-3-12-41-29-18(21-28-26(45-31-21)30-43(39,42-4-2)33-10-13-40-14-11-33)22(35)27-19-23(36)34-20(25(37)38)17(16-44-24(19)34)15-32-8-6-5-7-9-32/h3,5-9,19,24H,1,4,10-16H2,2H3,(H2-,27,28,30,31,35,37,38,39)/p+1/b29-18-/t19?,24-,43?/m1/s1. The molecular weight excluding hydrogens is 647 g/mol. The van der Waals surface area contributed by atoms with Crippen LogP contribution >= 0.6 is 31.0 Å². The Kier molecular flexibility index (Phi) is 10.6. The molecule has 0 radical (unpaired) electrons. The minimum atomic E-state index is -3.55. The van der Waals surface area contributed by atoms with E-state index in [0.717, 1.165) is 11.5 Å². The van der Waals surface area contributed by atoms with Gasteiger partial charge in [-0.05, 0) is 6.92 Å². The molecule has 5 rings (SSSR count). The maximum absolute atomic E-state index is 13.7. The van der Waals surface area contributed by atoms with Crippen molar-refractivity contribution in [3.63, 3.8) is 0 Å². The first-order chi connectivity index (χ1) is 21.8. The zero-order chi connectivity index (χ0) is 32.0. The van der Waals surface area contributed by atoms with Crippen LogP contribution < -0.4 is 15.0 Å². The van der Waals surface area contributed by atoms with E-state index in [0.29, 0.717) is 44.2 Å². The molecule has 2 unspecified atom stereocenters. The number of morpholine rings is 1. The molecule has 3 N–H and O–H groups in total. The monoisotopic (exact) mass is 679 g/mol. The van der Waals surface area contributed by atoms with Gasteiger partial charge in [-0.15, -0.1) is 11.8 Å². The molecule has 2 saturated heterocycles. The molecule has 2 amide bonds. The van der Waals surface area contributed by atoms with Gasteiger partial charge in [0.05, 0.1) is 19.8 Å². The molecule has 0 aromatic carbocycles. The van der Waals surface area contributed by atoms with Gasteiger partial charge in [-0.3, -0.25) is 19.6 Å². The fourth-order valence-corrected chi connectivity index (χ4v) is 8.75. The second kappa shape index (κ2) is 14.6. The van der Waals surface area contributed by atoms with Crippen molar-refractivity contribution in [1.29, 1.82) is 0 Å². The number of carboxylic acid groups (broad SMARTS) is 1. The smallest absolute Gasteiger partial charge is 0.370 e. The largest absolute Gasteiger partial charge is 0.477 e. The summed E-state index contributed by atoms with van der Waals surface area (Å²) in [6.07, 6.45) is 5.05. The van der Waals surface area contributed by atoms with E-state index in [2.05, 4.69) is 31.5 Å². The van der Waals surface area contributed by atoms with Crippen LogP contribution in [0.1, 0.15) is 12.7 Å². The number of β-lactam (4-membered cyclic amide) rings is 1. The van der Waals surface area contributed by atoms with E-state index in [-0.39, 0.29) is 35.6 Å². The van der Waals surface area contributed by atoms with Crippen LogP contribution in [0.2, 0.25) is 0 Å². The van der Waals surface area contributed by atoms with Crippen molar-refractivity contribution in [2.75, 3.05) is 50.4 Å². The van der Waals surface area contributed by atoms with Crippen molar-refractivity contribution in [2.24, 2.45) is 5.16 Å². The molecule has 2 aromatic rings. The number of fused-ring (bicyclic) bond motifs is 1. The summed E-state index contributed by atoms with van der Waals surface area (Å²) in [6, 6.07) is 4.49. The Morgan fingerprint density at radius 1 is 1.31 bits per heavy atom. The first-order valence-electron chi connectivity index (χ1n) is 13.9. The van der Waals surface area contributed by atoms with Crippen LogP contribution in [0.25, 0.3) is 0 Å². The van der Waals surface area contributed by atoms with E-state index in [1.807, 2.05) is 35.2 Å². The fourth-order valence-electron chi connectivity index (χ4n) is 4.78. The van der Waals surface area contributed by atoms with Crippen LogP contribution in [0.5, 0.6) is 0 Å². The molecule has 0 spiro atoms. The highest BCUT2D eigenvalue weighted by Gasteiger charge is 2.55. The Morgan fingerprint density at radius 3 is 2.76 bits per heavy atom. The summed E-state index contributed by atoms with van der Waals surface area (Å²) in [5.74, 6) is -2.40. The molecule has 3 aliphatic heterocycles. The predicted molar refractivity (Wildman–Crippen MR) is 164 cm³/mol. The molecule has 0 saturated carbocycles. The van der Waals surface area contributed by atoms with Crippen molar-refractivity contribution in [3.05, 3.63) is 60.3 Å². The predicted octanol–water partition coefficient (Wildman–Crippen LogP) is 1.06. The number of rotatable bonds is 14. The van der Waals surface area contributed by atoms with Crippen molar-refractivity contribution >= 4 is 59.6 Å². The number of amides is 2. The van der Waals surface area contributed by atoms with Crippen molar-refractivity contribution < 1.29 is 42.7 Å². The minimum absolute atomic E-state index is 0.0216. The highest BCUT2D eigenvalue weighted by atomic mass is 32.2.